The van der Waals surface area contributed by atoms with Gasteiger partial charge in [0.1, 0.15) is 0 Å². The minimum absolute atomic E-state index is 0.0257. The third kappa shape index (κ3) is 3.70. The molecular weight excluding hydrogens is 372 g/mol. The van der Waals surface area contributed by atoms with Crippen LogP contribution in [0.5, 0.6) is 0 Å². The molecule has 0 saturated heterocycles. The van der Waals surface area contributed by atoms with Crippen molar-refractivity contribution in [1.82, 2.24) is 4.31 Å². The Balaban J connectivity index is 2.21. The predicted octanol–water partition coefficient (Wildman–Crippen LogP) is 3.18. The lowest BCUT2D eigenvalue weighted by Crippen LogP contribution is -2.26. The van der Waals surface area contributed by atoms with E-state index >= 15 is 0 Å². The van der Waals surface area contributed by atoms with Crippen LogP contribution in [0.15, 0.2) is 57.9 Å². The minimum atomic E-state index is -3.69. The summed E-state index contributed by atoms with van der Waals surface area (Å²) in [5, 5.41) is 10.6. The van der Waals surface area contributed by atoms with E-state index in [0.29, 0.717) is 0 Å². The van der Waals surface area contributed by atoms with E-state index in [1.807, 2.05) is 24.3 Å². The number of sulfonamides is 1. The van der Waals surface area contributed by atoms with Gasteiger partial charge in [0.05, 0.1) is 9.82 Å². The van der Waals surface area contributed by atoms with Crippen molar-refractivity contribution in [3.63, 3.8) is 0 Å². The van der Waals surface area contributed by atoms with E-state index in [1.54, 1.807) is 0 Å². The van der Waals surface area contributed by atoms with Crippen LogP contribution in [0.2, 0.25) is 0 Å². The molecule has 22 heavy (non-hydrogen) atoms. The van der Waals surface area contributed by atoms with Gasteiger partial charge in [-0.1, -0.05) is 28.1 Å². The Labute approximate surface area is 136 Å². The molecule has 0 aliphatic carbocycles. The van der Waals surface area contributed by atoms with Gasteiger partial charge in [-0.3, -0.25) is 10.1 Å². The summed E-state index contributed by atoms with van der Waals surface area (Å²) in [6.45, 7) is 0.215. The van der Waals surface area contributed by atoms with E-state index in [1.165, 1.54) is 35.6 Å². The van der Waals surface area contributed by atoms with Crippen LogP contribution < -0.4 is 0 Å². The van der Waals surface area contributed by atoms with Crippen LogP contribution in [0.1, 0.15) is 5.56 Å². The van der Waals surface area contributed by atoms with E-state index in [-0.39, 0.29) is 17.1 Å². The molecule has 2 rings (SSSR count). The van der Waals surface area contributed by atoms with E-state index < -0.39 is 14.9 Å². The third-order valence-corrected chi connectivity index (χ3v) is 5.42. The van der Waals surface area contributed by atoms with Gasteiger partial charge in [0.15, 0.2) is 0 Å². The van der Waals surface area contributed by atoms with Gasteiger partial charge in [0.25, 0.3) is 5.69 Å². The zero-order valence-electron chi connectivity index (χ0n) is 11.6. The molecule has 0 heterocycles. The van der Waals surface area contributed by atoms with Gasteiger partial charge in [0, 0.05) is 30.2 Å². The van der Waals surface area contributed by atoms with Crippen molar-refractivity contribution in [2.75, 3.05) is 7.05 Å². The lowest BCUT2D eigenvalue weighted by molar-refractivity contribution is -0.384. The number of benzene rings is 2. The number of nitro groups is 1. The Bertz CT molecular complexity index is 773. The fourth-order valence-electron chi connectivity index (χ4n) is 1.85. The Kier molecular flexibility index (Phi) is 4.94. The summed E-state index contributed by atoms with van der Waals surface area (Å²) in [5.74, 6) is 0. The van der Waals surface area contributed by atoms with Crippen LogP contribution in [-0.4, -0.2) is 24.7 Å². The van der Waals surface area contributed by atoms with Crippen LogP contribution in [0.25, 0.3) is 0 Å². The average molecular weight is 385 g/mol. The third-order valence-electron chi connectivity index (χ3n) is 3.07. The van der Waals surface area contributed by atoms with E-state index in [9.17, 15) is 18.5 Å². The normalized spacial score (nSPS) is 11.6. The lowest BCUT2D eigenvalue weighted by Gasteiger charge is -2.17. The number of nitro benzene ring substituents is 1. The van der Waals surface area contributed by atoms with Gasteiger partial charge in [-0.05, 0) is 29.8 Å². The van der Waals surface area contributed by atoms with E-state index in [4.69, 9.17) is 0 Å². The molecule has 0 aliphatic heterocycles. The maximum atomic E-state index is 12.4. The second-order valence-electron chi connectivity index (χ2n) is 4.64. The molecule has 0 unspecified atom stereocenters. The molecule has 0 saturated carbocycles. The number of hydrogen-bond acceptors (Lipinski definition) is 4. The Morgan fingerprint density at radius 1 is 1.09 bits per heavy atom. The van der Waals surface area contributed by atoms with Crippen LogP contribution in [0, 0.1) is 10.1 Å². The summed E-state index contributed by atoms with van der Waals surface area (Å²) in [6, 6.07) is 12.2. The summed E-state index contributed by atoms with van der Waals surface area (Å²) >= 11 is 3.32. The topological polar surface area (TPSA) is 80.5 Å². The number of nitrogens with zero attached hydrogens (tertiary/aromatic N) is 2. The standard InChI is InChI=1S/C14H13BrN2O4S/c1-16(10-11-2-4-12(15)5-3-11)22(20,21)14-8-6-13(7-9-14)17(18)19/h2-9H,10H2,1H3. The van der Waals surface area contributed by atoms with Gasteiger partial charge in [-0.2, -0.15) is 4.31 Å². The van der Waals surface area contributed by atoms with Crippen molar-refractivity contribution in [3.05, 3.63) is 68.7 Å². The molecular formula is C14H13BrN2O4S. The number of rotatable bonds is 5. The molecule has 0 aliphatic rings. The van der Waals surface area contributed by atoms with Crippen molar-refractivity contribution in [2.45, 2.75) is 11.4 Å². The number of halogens is 1. The van der Waals surface area contributed by atoms with Gasteiger partial charge in [-0.15, -0.1) is 0 Å². The van der Waals surface area contributed by atoms with Gasteiger partial charge in [0.2, 0.25) is 10.0 Å². The van der Waals surface area contributed by atoms with Crippen molar-refractivity contribution < 1.29 is 13.3 Å². The Morgan fingerprint density at radius 2 is 1.64 bits per heavy atom. The first-order chi connectivity index (χ1) is 10.3. The van der Waals surface area contributed by atoms with Gasteiger partial charge in [-0.25, -0.2) is 8.42 Å². The number of hydrogen-bond donors (Lipinski definition) is 0. The van der Waals surface area contributed by atoms with Crippen molar-refractivity contribution in [1.29, 1.82) is 0 Å². The van der Waals surface area contributed by atoms with Crippen molar-refractivity contribution >= 4 is 31.6 Å². The van der Waals surface area contributed by atoms with E-state index in [0.717, 1.165) is 10.0 Å². The van der Waals surface area contributed by atoms with E-state index in [2.05, 4.69) is 15.9 Å². The molecule has 0 spiro atoms. The first-order valence-corrected chi connectivity index (χ1v) is 8.49. The first-order valence-electron chi connectivity index (χ1n) is 6.26. The molecule has 2 aromatic carbocycles. The quantitative estimate of drug-likeness (QED) is 0.585. The molecule has 0 N–H and O–H groups in total. The zero-order chi connectivity index (χ0) is 16.3. The molecule has 0 fully saturated rings. The second-order valence-corrected chi connectivity index (χ2v) is 7.60. The molecule has 6 nitrogen and oxygen atoms in total. The van der Waals surface area contributed by atoms with Gasteiger partial charge >= 0.3 is 0 Å². The Morgan fingerprint density at radius 3 is 2.14 bits per heavy atom. The molecule has 0 bridgehead atoms. The minimum Gasteiger partial charge on any atom is -0.258 e. The molecule has 0 amide bonds. The van der Waals surface area contributed by atoms with Crippen LogP contribution >= 0.6 is 15.9 Å². The maximum Gasteiger partial charge on any atom is 0.269 e. The van der Waals surface area contributed by atoms with Crippen LogP contribution in [0.4, 0.5) is 5.69 Å². The highest BCUT2D eigenvalue weighted by atomic mass is 79.9. The monoisotopic (exact) mass is 384 g/mol. The maximum absolute atomic E-state index is 12.4. The summed E-state index contributed by atoms with van der Waals surface area (Å²) < 4.78 is 27.0. The van der Waals surface area contributed by atoms with Crippen molar-refractivity contribution in [3.8, 4) is 0 Å². The SMILES string of the molecule is CN(Cc1ccc(Br)cc1)S(=O)(=O)c1ccc([N+](=O)[O-])cc1. The number of non-ortho nitro benzene ring substituents is 1. The second kappa shape index (κ2) is 6.55. The summed E-state index contributed by atoms with van der Waals surface area (Å²) in [5.41, 5.74) is 0.700. The lowest BCUT2D eigenvalue weighted by atomic mass is 10.2. The molecule has 0 atom stereocenters. The highest BCUT2D eigenvalue weighted by Gasteiger charge is 2.21. The fourth-order valence-corrected chi connectivity index (χ4v) is 3.27. The smallest absolute Gasteiger partial charge is 0.258 e. The Hall–Kier alpha value is -1.77. The molecule has 0 aromatic heterocycles. The average Bonchev–Trinajstić information content (AvgIpc) is 2.49. The molecule has 8 heteroatoms. The van der Waals surface area contributed by atoms with Crippen LogP contribution in [0.3, 0.4) is 0 Å². The summed E-state index contributed by atoms with van der Waals surface area (Å²) in [4.78, 5) is 10.1. The summed E-state index contributed by atoms with van der Waals surface area (Å²) in [6.07, 6.45) is 0. The molecule has 0 radical (unpaired) electrons. The largest absolute Gasteiger partial charge is 0.269 e. The van der Waals surface area contributed by atoms with Crippen LogP contribution in [-0.2, 0) is 16.6 Å². The highest BCUT2D eigenvalue weighted by Crippen LogP contribution is 2.20. The summed E-state index contributed by atoms with van der Waals surface area (Å²) in [7, 11) is -2.22. The van der Waals surface area contributed by atoms with Gasteiger partial charge < -0.3 is 0 Å². The fraction of sp³-hybridized carbons (Fsp3) is 0.143. The highest BCUT2D eigenvalue weighted by molar-refractivity contribution is 9.10. The van der Waals surface area contributed by atoms with Crippen molar-refractivity contribution in [2.24, 2.45) is 0 Å². The first kappa shape index (κ1) is 16.6. The molecule has 2 aromatic rings. The predicted molar refractivity (Wildman–Crippen MR) is 85.9 cm³/mol. The zero-order valence-corrected chi connectivity index (χ0v) is 14.0. The molecule has 116 valence electrons.